The molecular weight excluding hydrogens is 428 g/mol. The molecule has 0 bridgehead atoms. The Morgan fingerprint density at radius 1 is 1.00 bits per heavy atom. The number of nitrogens with one attached hydrogen (secondary N) is 1. The number of likely N-dealkylation sites (N-methyl/N-ethyl adjacent to an activating group) is 1. The highest BCUT2D eigenvalue weighted by Gasteiger charge is 2.37. The van der Waals surface area contributed by atoms with Crippen molar-refractivity contribution in [2.24, 2.45) is 5.41 Å². The predicted molar refractivity (Wildman–Crippen MR) is 136 cm³/mol. The van der Waals surface area contributed by atoms with Crippen molar-refractivity contribution < 1.29 is 19.1 Å². The molecule has 0 fully saturated rings. The number of rotatable bonds is 9. The number of hydrogen-bond acceptors (Lipinski definition) is 6. The van der Waals surface area contributed by atoms with Gasteiger partial charge < -0.3 is 14.8 Å². The lowest BCUT2D eigenvalue weighted by atomic mass is 9.81. The van der Waals surface area contributed by atoms with Crippen LogP contribution in [0.2, 0.25) is 0 Å². The summed E-state index contributed by atoms with van der Waals surface area (Å²) < 4.78 is 10.00. The van der Waals surface area contributed by atoms with Gasteiger partial charge in [0.1, 0.15) is 18.4 Å². The van der Waals surface area contributed by atoms with Gasteiger partial charge in [0.15, 0.2) is 0 Å². The number of methoxy groups -OCH3 is 1. The van der Waals surface area contributed by atoms with Gasteiger partial charge in [0.25, 0.3) is 0 Å². The molecule has 2 aromatic rings. The first-order chi connectivity index (χ1) is 16.1. The number of aldehydes is 1. The van der Waals surface area contributed by atoms with Crippen molar-refractivity contribution in [3.63, 3.8) is 0 Å². The number of carbonyl (C=O) groups is 2. The summed E-state index contributed by atoms with van der Waals surface area (Å²) in [6.45, 7) is 8.91. The van der Waals surface area contributed by atoms with Crippen molar-refractivity contribution in [1.29, 1.82) is 5.26 Å². The second kappa shape index (κ2) is 14.1. The standard InChI is InChI=1S/C16H11NO.C12H25NO3/c17-12-14-5-9-16(10-6-14)15-7-3-13(4-8-15)2-1-11-18;1-11(2,3)9-12(4,13-5)10(14)16-8-7-15-6/h1-11H;13H,7-9H2,1-6H3/b2-1+;. The lowest BCUT2D eigenvalue weighted by Crippen LogP contribution is -2.51. The SMILES string of the molecule is CNC(C)(CC(C)(C)C)C(=O)OCCOC.N#Cc1ccc(-c2ccc(/C=C/C=O)cc2)cc1. The van der Waals surface area contributed by atoms with Crippen molar-refractivity contribution in [3.8, 4) is 17.2 Å². The Morgan fingerprint density at radius 2 is 1.56 bits per heavy atom. The van der Waals surface area contributed by atoms with E-state index in [0.29, 0.717) is 18.8 Å². The van der Waals surface area contributed by atoms with E-state index >= 15 is 0 Å². The van der Waals surface area contributed by atoms with Gasteiger partial charge in [0.2, 0.25) is 0 Å². The lowest BCUT2D eigenvalue weighted by Gasteiger charge is -2.33. The third-order valence-electron chi connectivity index (χ3n) is 5.03. The molecule has 34 heavy (non-hydrogen) atoms. The van der Waals surface area contributed by atoms with Crippen LogP contribution in [-0.2, 0) is 19.1 Å². The van der Waals surface area contributed by atoms with Crippen LogP contribution in [0, 0.1) is 16.7 Å². The zero-order valence-corrected chi connectivity index (χ0v) is 21.1. The van der Waals surface area contributed by atoms with Gasteiger partial charge in [-0.1, -0.05) is 63.2 Å². The maximum absolute atomic E-state index is 11.9. The van der Waals surface area contributed by atoms with Crippen LogP contribution < -0.4 is 5.32 Å². The summed E-state index contributed by atoms with van der Waals surface area (Å²) >= 11 is 0. The molecule has 0 amide bonds. The minimum atomic E-state index is -0.633. The van der Waals surface area contributed by atoms with Crippen LogP contribution in [0.15, 0.2) is 54.6 Å². The molecule has 6 nitrogen and oxygen atoms in total. The van der Waals surface area contributed by atoms with Gasteiger partial charge in [-0.05, 0) is 60.7 Å². The summed E-state index contributed by atoms with van der Waals surface area (Å²) in [5.41, 5.74) is 3.23. The summed E-state index contributed by atoms with van der Waals surface area (Å²) in [4.78, 5) is 22.1. The Kier molecular flexibility index (Phi) is 11.9. The Hall–Kier alpha value is -3.27. The van der Waals surface area contributed by atoms with Gasteiger partial charge >= 0.3 is 5.97 Å². The van der Waals surface area contributed by atoms with Crippen molar-refractivity contribution in [2.45, 2.75) is 39.7 Å². The third kappa shape index (κ3) is 10.1. The first-order valence-corrected chi connectivity index (χ1v) is 11.2. The van der Waals surface area contributed by atoms with E-state index in [4.69, 9.17) is 14.7 Å². The van der Waals surface area contributed by atoms with Crippen molar-refractivity contribution in [3.05, 3.63) is 65.7 Å². The highest BCUT2D eigenvalue weighted by Crippen LogP contribution is 2.27. The summed E-state index contributed by atoms with van der Waals surface area (Å²) in [6.07, 6.45) is 4.71. The average Bonchev–Trinajstić information content (AvgIpc) is 2.82. The van der Waals surface area contributed by atoms with Crippen LogP contribution in [0.3, 0.4) is 0 Å². The molecular formula is C28H36N2O4. The van der Waals surface area contributed by atoms with Crippen LogP contribution >= 0.6 is 0 Å². The number of benzene rings is 2. The molecule has 0 radical (unpaired) electrons. The maximum atomic E-state index is 11.9. The number of nitrogens with zero attached hydrogens (tertiary/aromatic N) is 1. The third-order valence-corrected chi connectivity index (χ3v) is 5.03. The molecule has 0 aliphatic heterocycles. The monoisotopic (exact) mass is 464 g/mol. The zero-order valence-electron chi connectivity index (χ0n) is 21.1. The maximum Gasteiger partial charge on any atom is 0.326 e. The minimum absolute atomic E-state index is 0.0675. The smallest absolute Gasteiger partial charge is 0.326 e. The summed E-state index contributed by atoms with van der Waals surface area (Å²) in [7, 11) is 3.36. The number of hydrogen-bond donors (Lipinski definition) is 1. The second-order valence-electron chi connectivity index (χ2n) is 9.25. The van der Waals surface area contributed by atoms with E-state index in [1.807, 2.05) is 43.3 Å². The molecule has 182 valence electrons. The van der Waals surface area contributed by atoms with E-state index in [9.17, 15) is 9.59 Å². The topological polar surface area (TPSA) is 88.4 Å². The first-order valence-electron chi connectivity index (χ1n) is 11.2. The van der Waals surface area contributed by atoms with Gasteiger partial charge in [-0.15, -0.1) is 0 Å². The fraction of sp³-hybridized carbons (Fsp3) is 0.393. The molecule has 0 spiro atoms. The second-order valence-corrected chi connectivity index (χ2v) is 9.25. The Bertz CT molecular complexity index is 967. The number of esters is 1. The van der Waals surface area contributed by atoms with Crippen molar-refractivity contribution in [1.82, 2.24) is 5.32 Å². The Labute approximate surface area is 203 Å². The molecule has 0 saturated heterocycles. The molecule has 1 atom stereocenters. The highest BCUT2D eigenvalue weighted by atomic mass is 16.6. The van der Waals surface area contributed by atoms with Gasteiger partial charge in [0.05, 0.1) is 18.2 Å². The fourth-order valence-electron chi connectivity index (χ4n) is 3.37. The van der Waals surface area contributed by atoms with Gasteiger partial charge in [0, 0.05) is 7.11 Å². The minimum Gasteiger partial charge on any atom is -0.462 e. The molecule has 2 rings (SSSR count). The molecule has 0 saturated carbocycles. The molecule has 0 aliphatic rings. The molecule has 0 aromatic heterocycles. The van der Waals surface area contributed by atoms with Gasteiger partial charge in [-0.2, -0.15) is 5.26 Å². The number of ether oxygens (including phenoxy) is 2. The largest absolute Gasteiger partial charge is 0.462 e. The predicted octanol–water partition coefficient (Wildman–Crippen LogP) is 5.03. The van der Waals surface area contributed by atoms with E-state index in [1.165, 1.54) is 6.08 Å². The van der Waals surface area contributed by atoms with Crippen LogP contribution in [0.5, 0.6) is 0 Å². The Morgan fingerprint density at radius 3 is 2.00 bits per heavy atom. The van der Waals surface area contributed by atoms with Crippen molar-refractivity contribution >= 4 is 18.3 Å². The average molecular weight is 465 g/mol. The van der Waals surface area contributed by atoms with Crippen LogP contribution in [0.4, 0.5) is 0 Å². The molecule has 1 N–H and O–H groups in total. The zero-order chi connectivity index (χ0) is 25.6. The first kappa shape index (κ1) is 28.8. The van der Waals surface area contributed by atoms with Crippen LogP contribution in [-0.4, -0.2) is 45.2 Å². The summed E-state index contributed by atoms with van der Waals surface area (Å²) in [5.74, 6) is -0.220. The number of nitriles is 1. The fourth-order valence-corrected chi connectivity index (χ4v) is 3.37. The van der Waals surface area contributed by atoms with E-state index in [2.05, 4.69) is 32.2 Å². The molecule has 0 aliphatic carbocycles. The highest BCUT2D eigenvalue weighted by molar-refractivity contribution is 5.80. The van der Waals surface area contributed by atoms with Crippen LogP contribution in [0.1, 0.15) is 45.2 Å². The van der Waals surface area contributed by atoms with Crippen molar-refractivity contribution in [2.75, 3.05) is 27.4 Å². The van der Waals surface area contributed by atoms with Crippen LogP contribution in [0.25, 0.3) is 17.2 Å². The molecule has 2 aromatic carbocycles. The van der Waals surface area contributed by atoms with E-state index in [-0.39, 0.29) is 11.4 Å². The lowest BCUT2D eigenvalue weighted by molar-refractivity contribution is -0.153. The number of carbonyl (C=O) groups excluding carboxylic acids is 2. The molecule has 1 unspecified atom stereocenters. The van der Waals surface area contributed by atoms with E-state index in [0.717, 1.165) is 29.4 Å². The molecule has 0 heterocycles. The van der Waals surface area contributed by atoms with Gasteiger partial charge in [-0.25, -0.2) is 0 Å². The Balaban J connectivity index is 0.000000344. The number of allylic oxidation sites excluding steroid dienone is 1. The summed E-state index contributed by atoms with van der Waals surface area (Å²) in [5, 5.41) is 11.8. The quantitative estimate of drug-likeness (QED) is 0.242. The normalized spacial score (nSPS) is 12.7. The van der Waals surface area contributed by atoms with Gasteiger partial charge in [-0.3, -0.25) is 9.59 Å². The summed E-state index contributed by atoms with van der Waals surface area (Å²) in [6, 6.07) is 17.4. The molecule has 6 heteroatoms. The van der Waals surface area contributed by atoms with E-state index in [1.54, 1.807) is 32.4 Å². The van der Waals surface area contributed by atoms with E-state index < -0.39 is 5.54 Å².